The van der Waals surface area contributed by atoms with E-state index >= 15 is 0 Å². The monoisotopic (exact) mass is 525 g/mol. The van der Waals surface area contributed by atoms with Gasteiger partial charge in [0.2, 0.25) is 0 Å². The fraction of sp³-hybridized carbons (Fsp3) is 0.238. The highest BCUT2D eigenvalue weighted by molar-refractivity contribution is 7.80. The van der Waals surface area contributed by atoms with E-state index in [0.29, 0.717) is 37.8 Å². The normalized spacial score (nSPS) is 10.6. The van der Waals surface area contributed by atoms with Gasteiger partial charge in [-0.3, -0.25) is 9.48 Å². The van der Waals surface area contributed by atoms with Crippen LogP contribution in [0.2, 0.25) is 10.0 Å². The molecule has 2 aromatic heterocycles. The summed E-state index contributed by atoms with van der Waals surface area (Å²) in [5, 5.41) is 12.1. The second kappa shape index (κ2) is 10.5. The Kier molecular flexibility index (Phi) is 7.96. The van der Waals surface area contributed by atoms with Crippen LogP contribution in [0, 0.1) is 6.92 Å². The van der Waals surface area contributed by atoms with E-state index < -0.39 is 5.97 Å². The van der Waals surface area contributed by atoms with Crippen LogP contribution in [0.3, 0.4) is 0 Å². The third-order valence-corrected chi connectivity index (χ3v) is 6.58. The summed E-state index contributed by atoms with van der Waals surface area (Å²) in [7, 11) is 4.57. The number of carbonyl (C=O) groups is 2. The Bertz CT molecular complexity index is 1220. The predicted molar refractivity (Wildman–Crippen MR) is 136 cm³/mol. The van der Waals surface area contributed by atoms with Crippen molar-refractivity contribution in [2.24, 2.45) is 0 Å². The van der Waals surface area contributed by atoms with Crippen molar-refractivity contribution in [2.75, 3.05) is 31.8 Å². The molecule has 8 nitrogen and oxygen atoms in total. The molecule has 2 heterocycles. The van der Waals surface area contributed by atoms with Gasteiger partial charge in [-0.15, -0.1) is 11.3 Å². The van der Waals surface area contributed by atoms with E-state index in [9.17, 15) is 9.59 Å². The molecule has 0 fully saturated rings. The van der Waals surface area contributed by atoms with Crippen LogP contribution >= 0.6 is 46.8 Å². The molecule has 1 amide bonds. The van der Waals surface area contributed by atoms with Crippen LogP contribution in [0.4, 0.5) is 10.8 Å². The molecule has 2 N–H and O–H groups in total. The second-order valence-electron chi connectivity index (χ2n) is 7.16. The number of ether oxygens (including phenoxy) is 1. The molecular weight excluding hydrogens is 505 g/mol. The molecule has 0 spiro atoms. The second-order valence-corrected chi connectivity index (χ2v) is 9.44. The van der Waals surface area contributed by atoms with Crippen LogP contribution in [-0.2, 0) is 11.3 Å². The molecule has 0 saturated heterocycles. The number of halogens is 2. The lowest BCUT2D eigenvalue weighted by atomic mass is 10.1. The number of hydrogen-bond donors (Lipinski definition) is 2. The number of anilines is 2. The lowest BCUT2D eigenvalue weighted by molar-refractivity contribution is 0.0601. The average Bonchev–Trinajstić information content (AvgIpc) is 3.32. The summed E-state index contributed by atoms with van der Waals surface area (Å²) in [5.41, 5.74) is 1.66. The van der Waals surface area contributed by atoms with Crippen molar-refractivity contribution in [1.29, 1.82) is 0 Å². The summed E-state index contributed by atoms with van der Waals surface area (Å²) in [4.78, 5) is 26.7. The third kappa shape index (κ3) is 5.83. The van der Waals surface area contributed by atoms with Crippen molar-refractivity contribution in [3.05, 3.63) is 62.1 Å². The zero-order chi connectivity index (χ0) is 24.3. The van der Waals surface area contributed by atoms with Crippen molar-refractivity contribution in [2.45, 2.75) is 13.5 Å². The number of methoxy groups -OCH3 is 1. The van der Waals surface area contributed by atoms with Gasteiger partial charge in [0.25, 0.3) is 5.91 Å². The summed E-state index contributed by atoms with van der Waals surface area (Å²) >= 11 is 18.7. The standard InChI is InChI=1S/C21H21Cl2N5O3S2/c1-11-16(20(30)31-4)18(33-17(11)19(29)27(2)3)25-21(32)24-15-7-8-28(26-15)10-12-5-6-13(22)9-14(12)23/h5-9H,10H2,1-4H3,(H2,24,25,26,32). The summed E-state index contributed by atoms with van der Waals surface area (Å²) in [5.74, 6) is -0.278. The number of aromatic nitrogens is 2. The molecule has 0 saturated carbocycles. The van der Waals surface area contributed by atoms with Crippen LogP contribution in [0.15, 0.2) is 30.5 Å². The van der Waals surface area contributed by atoms with E-state index in [-0.39, 0.29) is 16.6 Å². The maximum Gasteiger partial charge on any atom is 0.341 e. The van der Waals surface area contributed by atoms with Gasteiger partial charge in [-0.2, -0.15) is 5.10 Å². The van der Waals surface area contributed by atoms with Crippen LogP contribution in [0.25, 0.3) is 0 Å². The highest BCUT2D eigenvalue weighted by Gasteiger charge is 2.26. The van der Waals surface area contributed by atoms with E-state index in [0.717, 1.165) is 16.9 Å². The number of thiocarbonyl (C=S) groups is 1. The minimum absolute atomic E-state index is 0.208. The highest BCUT2D eigenvalue weighted by atomic mass is 35.5. The fourth-order valence-corrected chi connectivity index (χ4v) is 4.91. The molecule has 0 atom stereocenters. The van der Waals surface area contributed by atoms with Crippen LogP contribution in [-0.4, -0.2) is 52.9 Å². The van der Waals surface area contributed by atoms with Crippen LogP contribution in [0.5, 0.6) is 0 Å². The topological polar surface area (TPSA) is 88.5 Å². The maximum atomic E-state index is 12.5. The molecule has 0 radical (unpaired) electrons. The van der Waals surface area contributed by atoms with Gasteiger partial charge in [-0.25, -0.2) is 4.79 Å². The summed E-state index contributed by atoms with van der Waals surface area (Å²) in [6.45, 7) is 2.15. The Hall–Kier alpha value is -2.66. The van der Waals surface area contributed by atoms with E-state index in [2.05, 4.69) is 15.7 Å². The van der Waals surface area contributed by atoms with E-state index in [1.54, 1.807) is 50.1 Å². The molecule has 174 valence electrons. The number of amides is 1. The molecular formula is C21H21Cl2N5O3S2. The number of carbonyl (C=O) groups excluding carboxylic acids is 2. The van der Waals surface area contributed by atoms with Gasteiger partial charge in [0.05, 0.1) is 24.1 Å². The van der Waals surface area contributed by atoms with Crippen molar-refractivity contribution in [1.82, 2.24) is 14.7 Å². The molecule has 0 bridgehead atoms. The number of hydrogen-bond acceptors (Lipinski definition) is 6. The number of nitrogens with zero attached hydrogens (tertiary/aromatic N) is 3. The maximum absolute atomic E-state index is 12.5. The van der Waals surface area contributed by atoms with Crippen molar-refractivity contribution in [3.63, 3.8) is 0 Å². The summed E-state index contributed by atoms with van der Waals surface area (Å²) < 4.78 is 6.59. The van der Waals surface area contributed by atoms with Crippen molar-refractivity contribution >= 4 is 74.6 Å². The minimum Gasteiger partial charge on any atom is -0.465 e. The molecule has 0 aliphatic rings. The van der Waals surface area contributed by atoms with E-state index in [4.69, 9.17) is 40.2 Å². The number of rotatable bonds is 6. The SMILES string of the molecule is COC(=O)c1c(NC(=S)Nc2ccn(Cc3ccc(Cl)cc3Cl)n2)sc(C(=O)N(C)C)c1C. The van der Waals surface area contributed by atoms with Gasteiger partial charge in [0.1, 0.15) is 5.00 Å². The smallest absolute Gasteiger partial charge is 0.341 e. The van der Waals surface area contributed by atoms with Gasteiger partial charge in [-0.05, 0) is 42.4 Å². The number of thiophene rings is 1. The van der Waals surface area contributed by atoms with Gasteiger partial charge < -0.3 is 20.3 Å². The lowest BCUT2D eigenvalue weighted by Crippen LogP contribution is -2.21. The Morgan fingerprint density at radius 1 is 1.24 bits per heavy atom. The quantitative estimate of drug-likeness (QED) is 0.349. The van der Waals surface area contributed by atoms with Crippen LogP contribution in [0.1, 0.15) is 31.2 Å². The molecule has 0 aliphatic carbocycles. The van der Waals surface area contributed by atoms with Crippen molar-refractivity contribution in [3.8, 4) is 0 Å². The minimum atomic E-state index is -0.559. The molecule has 0 unspecified atom stereocenters. The number of nitrogens with one attached hydrogen (secondary N) is 2. The summed E-state index contributed by atoms with van der Waals surface area (Å²) in [6, 6.07) is 7.03. The Labute approximate surface area is 210 Å². The Morgan fingerprint density at radius 3 is 2.61 bits per heavy atom. The zero-order valence-corrected chi connectivity index (χ0v) is 21.4. The summed E-state index contributed by atoms with van der Waals surface area (Å²) in [6.07, 6.45) is 1.78. The van der Waals surface area contributed by atoms with Crippen molar-refractivity contribution < 1.29 is 14.3 Å². The predicted octanol–water partition coefficient (Wildman–Crippen LogP) is 4.91. The van der Waals surface area contributed by atoms with Crippen LogP contribution < -0.4 is 10.6 Å². The number of esters is 1. The number of benzene rings is 1. The highest BCUT2D eigenvalue weighted by Crippen LogP contribution is 2.34. The first-order chi connectivity index (χ1) is 15.6. The first kappa shape index (κ1) is 25.0. The molecule has 33 heavy (non-hydrogen) atoms. The van der Waals surface area contributed by atoms with Gasteiger partial charge >= 0.3 is 5.97 Å². The Morgan fingerprint density at radius 2 is 1.97 bits per heavy atom. The van der Waals surface area contributed by atoms with E-state index in [1.165, 1.54) is 12.0 Å². The molecule has 3 rings (SSSR count). The fourth-order valence-electron chi connectivity index (χ4n) is 2.95. The van der Waals surface area contributed by atoms with E-state index in [1.807, 2.05) is 6.07 Å². The van der Waals surface area contributed by atoms with Gasteiger partial charge in [-0.1, -0.05) is 29.3 Å². The zero-order valence-electron chi connectivity index (χ0n) is 18.2. The average molecular weight is 526 g/mol. The molecule has 3 aromatic rings. The molecule has 1 aromatic carbocycles. The Balaban J connectivity index is 1.75. The third-order valence-electron chi connectivity index (χ3n) is 4.59. The first-order valence-corrected chi connectivity index (χ1v) is 11.6. The van der Waals surface area contributed by atoms with Gasteiger partial charge in [0, 0.05) is 36.4 Å². The largest absolute Gasteiger partial charge is 0.465 e. The first-order valence-electron chi connectivity index (χ1n) is 9.59. The molecule has 12 heteroatoms. The lowest BCUT2D eigenvalue weighted by Gasteiger charge is -2.09. The molecule has 0 aliphatic heterocycles. The van der Waals surface area contributed by atoms with Gasteiger partial charge in [0.15, 0.2) is 10.9 Å².